The number of carbonyl (C=O) groups is 3. The second kappa shape index (κ2) is 13.6. The lowest BCUT2D eigenvalue weighted by molar-refractivity contribution is -0.123. The van der Waals surface area contributed by atoms with E-state index in [9.17, 15) is 14.4 Å². The topological polar surface area (TPSA) is 99.8 Å². The molecule has 3 aromatic carbocycles. The molecule has 1 aliphatic heterocycles. The minimum absolute atomic E-state index is 0.0215. The summed E-state index contributed by atoms with van der Waals surface area (Å²) >= 11 is 18.5. The molecule has 8 nitrogen and oxygen atoms in total. The Balaban J connectivity index is 1.42. The molecule has 2 atom stereocenters. The van der Waals surface area contributed by atoms with Gasteiger partial charge in [0.2, 0.25) is 5.91 Å². The number of nitrogens with one attached hydrogen (secondary N) is 3. The van der Waals surface area contributed by atoms with Gasteiger partial charge < -0.3 is 15.4 Å². The molecule has 0 radical (unpaired) electrons. The van der Waals surface area contributed by atoms with Crippen LogP contribution in [0.2, 0.25) is 15.1 Å². The van der Waals surface area contributed by atoms with Gasteiger partial charge >= 0.3 is 0 Å². The highest BCUT2D eigenvalue weighted by Crippen LogP contribution is 2.37. The second-order valence-corrected chi connectivity index (χ2v) is 11.1. The summed E-state index contributed by atoms with van der Waals surface area (Å²) in [6.07, 6.45) is 0.867. The van der Waals surface area contributed by atoms with Crippen molar-refractivity contribution in [2.75, 3.05) is 10.3 Å². The Morgan fingerprint density at radius 1 is 1.07 bits per heavy atom. The maximum absolute atomic E-state index is 13.2. The van der Waals surface area contributed by atoms with Crippen LogP contribution in [0.5, 0.6) is 5.75 Å². The molecule has 0 aromatic heterocycles. The number of hydrogen-bond donors (Lipinski definition) is 3. The van der Waals surface area contributed by atoms with Gasteiger partial charge in [0.1, 0.15) is 11.9 Å². The number of amides is 3. The monoisotopic (exact) mass is 616 g/mol. The summed E-state index contributed by atoms with van der Waals surface area (Å²) in [6, 6.07) is 15.3. The van der Waals surface area contributed by atoms with E-state index in [1.54, 1.807) is 24.3 Å². The Labute approximate surface area is 254 Å². The molecule has 1 heterocycles. The van der Waals surface area contributed by atoms with Gasteiger partial charge in [-0.2, -0.15) is 0 Å². The summed E-state index contributed by atoms with van der Waals surface area (Å²) in [7, 11) is 0. The zero-order valence-corrected chi connectivity index (χ0v) is 25.2. The Morgan fingerprint density at radius 2 is 1.80 bits per heavy atom. The van der Waals surface area contributed by atoms with Crippen LogP contribution in [-0.2, 0) is 9.59 Å². The Bertz CT molecular complexity index is 1440. The number of halogens is 3. The first-order valence-corrected chi connectivity index (χ1v) is 14.4. The Kier molecular flexibility index (Phi) is 10.1. The molecule has 3 N–H and O–H groups in total. The highest BCUT2D eigenvalue weighted by molar-refractivity contribution is 6.42. The molecule has 41 heavy (non-hydrogen) atoms. The van der Waals surface area contributed by atoms with Gasteiger partial charge in [-0.15, -0.1) is 0 Å². The standard InChI is InChI=1S/C30H31Cl3N4O4/c1-4-5-9-25(41-24-11-10-17(2)12-18(24)3)30(40)34-21-8-6-7-19(13-21)29(39)35-26-16-27(38)37(36-26)28-22(32)14-20(31)15-23(28)33/h6-8,10-15,25-26,36H,4-5,9,16H2,1-3H3,(H,34,40)(H,35,39). The van der Waals surface area contributed by atoms with Crippen LogP contribution in [-0.4, -0.2) is 30.0 Å². The van der Waals surface area contributed by atoms with Gasteiger partial charge in [0.25, 0.3) is 11.8 Å². The predicted molar refractivity (Wildman–Crippen MR) is 163 cm³/mol. The Hall–Kier alpha value is -3.30. The first-order valence-electron chi connectivity index (χ1n) is 13.2. The number of benzene rings is 3. The van der Waals surface area contributed by atoms with E-state index in [0.29, 0.717) is 28.4 Å². The molecule has 0 aliphatic carbocycles. The summed E-state index contributed by atoms with van der Waals surface area (Å²) in [6.45, 7) is 6.01. The van der Waals surface area contributed by atoms with Crippen LogP contribution >= 0.6 is 34.8 Å². The average molecular weight is 618 g/mol. The molecule has 2 unspecified atom stereocenters. The number of carbonyl (C=O) groups excluding carboxylic acids is 3. The quantitative estimate of drug-likeness (QED) is 0.231. The van der Waals surface area contributed by atoms with Crippen molar-refractivity contribution >= 4 is 63.9 Å². The second-order valence-electron chi connectivity index (χ2n) is 9.89. The maximum Gasteiger partial charge on any atom is 0.265 e. The number of rotatable bonds is 10. The Morgan fingerprint density at radius 3 is 2.49 bits per heavy atom. The molecule has 1 fully saturated rings. The van der Waals surface area contributed by atoms with E-state index >= 15 is 0 Å². The fourth-order valence-corrected chi connectivity index (χ4v) is 5.47. The lowest BCUT2D eigenvalue weighted by Crippen LogP contribution is -2.46. The fourth-order valence-electron chi connectivity index (χ4n) is 4.48. The summed E-state index contributed by atoms with van der Waals surface area (Å²) in [5.41, 5.74) is 6.00. The van der Waals surface area contributed by atoms with E-state index < -0.39 is 18.2 Å². The molecule has 11 heteroatoms. The van der Waals surface area contributed by atoms with Crippen molar-refractivity contribution < 1.29 is 19.1 Å². The predicted octanol–water partition coefficient (Wildman–Crippen LogP) is 6.84. The number of unbranched alkanes of at least 4 members (excludes halogenated alkanes) is 1. The van der Waals surface area contributed by atoms with Crippen LogP contribution in [0.25, 0.3) is 0 Å². The minimum atomic E-state index is -0.708. The summed E-state index contributed by atoms with van der Waals surface area (Å²) in [4.78, 5) is 39.0. The molecule has 3 aromatic rings. The molecule has 216 valence electrons. The molecule has 1 aliphatic rings. The zero-order chi connectivity index (χ0) is 29.7. The van der Waals surface area contributed by atoms with Gasteiger partial charge in [-0.1, -0.05) is 71.9 Å². The highest BCUT2D eigenvalue weighted by atomic mass is 35.5. The van der Waals surface area contributed by atoms with Crippen LogP contribution in [0, 0.1) is 13.8 Å². The number of nitrogens with zero attached hydrogens (tertiary/aromatic N) is 1. The van der Waals surface area contributed by atoms with Gasteiger partial charge in [-0.25, -0.2) is 10.4 Å². The number of ether oxygens (including phenoxy) is 1. The van der Waals surface area contributed by atoms with Crippen molar-refractivity contribution in [3.05, 3.63) is 86.4 Å². The van der Waals surface area contributed by atoms with Gasteiger partial charge in [0.05, 0.1) is 22.2 Å². The number of anilines is 2. The third-order valence-electron chi connectivity index (χ3n) is 6.53. The third-order valence-corrected chi connectivity index (χ3v) is 7.32. The van der Waals surface area contributed by atoms with Crippen LogP contribution in [0.15, 0.2) is 54.6 Å². The van der Waals surface area contributed by atoms with Crippen molar-refractivity contribution in [2.24, 2.45) is 0 Å². The van der Waals surface area contributed by atoms with E-state index in [1.807, 2.05) is 32.0 Å². The van der Waals surface area contributed by atoms with Gasteiger partial charge in [0.15, 0.2) is 6.10 Å². The molecular weight excluding hydrogens is 587 g/mol. The molecule has 3 amide bonds. The minimum Gasteiger partial charge on any atom is -0.480 e. The van der Waals surface area contributed by atoms with Crippen molar-refractivity contribution in [3.63, 3.8) is 0 Å². The van der Waals surface area contributed by atoms with E-state index in [2.05, 4.69) is 23.0 Å². The van der Waals surface area contributed by atoms with E-state index in [4.69, 9.17) is 39.5 Å². The molecule has 1 saturated heterocycles. The molecule has 0 saturated carbocycles. The van der Waals surface area contributed by atoms with E-state index in [1.165, 1.54) is 17.1 Å². The van der Waals surface area contributed by atoms with Gasteiger partial charge in [0, 0.05) is 16.3 Å². The third kappa shape index (κ3) is 7.71. The van der Waals surface area contributed by atoms with Crippen molar-refractivity contribution in [1.82, 2.24) is 10.7 Å². The van der Waals surface area contributed by atoms with Crippen molar-refractivity contribution in [1.29, 1.82) is 0 Å². The first-order chi connectivity index (χ1) is 19.5. The number of hydrogen-bond acceptors (Lipinski definition) is 5. The van der Waals surface area contributed by atoms with Crippen LogP contribution in [0.1, 0.15) is 54.1 Å². The largest absolute Gasteiger partial charge is 0.480 e. The number of aryl methyl sites for hydroxylation is 2. The highest BCUT2D eigenvalue weighted by Gasteiger charge is 2.34. The maximum atomic E-state index is 13.2. The average Bonchev–Trinajstić information content (AvgIpc) is 3.26. The van der Waals surface area contributed by atoms with Crippen LogP contribution in [0.4, 0.5) is 11.4 Å². The van der Waals surface area contributed by atoms with E-state index in [0.717, 1.165) is 24.0 Å². The first kappa shape index (κ1) is 30.7. The lowest BCUT2D eigenvalue weighted by atomic mass is 10.1. The van der Waals surface area contributed by atoms with E-state index in [-0.39, 0.29) is 34.0 Å². The SMILES string of the molecule is CCCCC(Oc1ccc(C)cc1C)C(=O)Nc1cccc(C(=O)NC2CC(=O)N(c3c(Cl)cc(Cl)cc3Cl)N2)c1. The smallest absolute Gasteiger partial charge is 0.265 e. The van der Waals surface area contributed by atoms with Crippen molar-refractivity contribution in [2.45, 2.75) is 58.7 Å². The lowest BCUT2D eigenvalue weighted by Gasteiger charge is -2.21. The zero-order valence-electron chi connectivity index (χ0n) is 22.9. The van der Waals surface area contributed by atoms with Crippen molar-refractivity contribution in [3.8, 4) is 5.75 Å². The summed E-state index contributed by atoms with van der Waals surface area (Å²) < 4.78 is 6.12. The normalized spacial score (nSPS) is 15.5. The summed E-state index contributed by atoms with van der Waals surface area (Å²) in [5, 5.41) is 7.59. The van der Waals surface area contributed by atoms with Crippen LogP contribution < -0.4 is 25.8 Å². The molecule has 4 rings (SSSR count). The fraction of sp³-hybridized carbons (Fsp3) is 0.300. The van der Waals surface area contributed by atoms with Gasteiger partial charge in [-0.05, 0) is 68.7 Å². The molecule has 0 bridgehead atoms. The number of hydrazine groups is 1. The molecule has 0 spiro atoms. The van der Waals surface area contributed by atoms with Crippen LogP contribution in [0.3, 0.4) is 0 Å². The molecular formula is C30H31Cl3N4O4. The summed E-state index contributed by atoms with van der Waals surface area (Å²) in [5.74, 6) is -0.403. The van der Waals surface area contributed by atoms with Gasteiger partial charge in [-0.3, -0.25) is 14.4 Å².